The minimum Gasteiger partial charge on any atom is -0.383 e. The van der Waals surface area contributed by atoms with Gasteiger partial charge in [0, 0.05) is 64.9 Å². The number of likely N-dealkylation sites (N-methyl/N-ethyl adjacent to an activating group) is 1. The molecule has 2 aromatic rings. The zero-order valence-corrected chi connectivity index (χ0v) is 24.4. The van der Waals surface area contributed by atoms with Crippen molar-refractivity contribution in [1.82, 2.24) is 19.4 Å². The molecule has 0 radical (unpaired) electrons. The first-order valence-electron chi connectivity index (χ1n) is 12.2. The van der Waals surface area contributed by atoms with Crippen molar-refractivity contribution in [2.24, 2.45) is 0 Å². The number of hydrogen-bond acceptors (Lipinski definition) is 9. The summed E-state index contributed by atoms with van der Waals surface area (Å²) in [6.45, 7) is 2.11. The van der Waals surface area contributed by atoms with Crippen LogP contribution in [-0.2, 0) is 32.5 Å². The number of ether oxygens (including phenoxy) is 2. The van der Waals surface area contributed by atoms with E-state index >= 15 is 0 Å². The van der Waals surface area contributed by atoms with Crippen molar-refractivity contribution < 1.29 is 32.3 Å². The van der Waals surface area contributed by atoms with E-state index in [4.69, 9.17) is 9.47 Å². The number of anilines is 1. The maximum atomic E-state index is 13.2. The Morgan fingerprint density at radius 3 is 2.21 bits per heavy atom. The molecule has 0 unspecified atom stereocenters. The van der Waals surface area contributed by atoms with E-state index in [0.29, 0.717) is 18.0 Å². The number of imide groups is 1. The highest BCUT2D eigenvalue weighted by molar-refractivity contribution is 7.89. The van der Waals surface area contributed by atoms with Crippen molar-refractivity contribution in [3.63, 3.8) is 0 Å². The fourth-order valence-corrected chi connectivity index (χ4v) is 6.70. The first kappa shape index (κ1) is 30.7. The normalized spacial score (nSPS) is 13.7. The molecule has 14 heteroatoms. The summed E-state index contributed by atoms with van der Waals surface area (Å²) in [5, 5.41) is 5.50. The second kappa shape index (κ2) is 13.5. The van der Waals surface area contributed by atoms with Crippen LogP contribution in [0.4, 0.5) is 9.80 Å². The maximum absolute atomic E-state index is 13.2. The summed E-state index contributed by atoms with van der Waals surface area (Å²) in [5.74, 6) is -1.09. The Morgan fingerprint density at radius 1 is 1.03 bits per heavy atom. The van der Waals surface area contributed by atoms with Crippen molar-refractivity contribution in [2.45, 2.75) is 17.9 Å². The molecule has 0 spiro atoms. The van der Waals surface area contributed by atoms with E-state index in [-0.39, 0.29) is 42.3 Å². The molecule has 0 saturated heterocycles. The van der Waals surface area contributed by atoms with Gasteiger partial charge in [0.05, 0.1) is 23.7 Å². The molecule has 3 rings (SSSR count). The van der Waals surface area contributed by atoms with Crippen LogP contribution in [-0.4, -0.2) is 109 Å². The van der Waals surface area contributed by atoms with E-state index in [1.165, 1.54) is 73.1 Å². The number of rotatable bonds is 11. The molecule has 39 heavy (non-hydrogen) atoms. The van der Waals surface area contributed by atoms with Crippen LogP contribution < -0.4 is 10.6 Å². The van der Waals surface area contributed by atoms with E-state index in [1.807, 2.05) is 7.05 Å². The summed E-state index contributed by atoms with van der Waals surface area (Å²) in [5.41, 5.74) is 1.30. The summed E-state index contributed by atoms with van der Waals surface area (Å²) < 4.78 is 37.6. The van der Waals surface area contributed by atoms with E-state index in [0.717, 1.165) is 17.0 Å². The molecule has 1 aliphatic rings. The number of hydrogen-bond donors (Lipinski definition) is 2. The summed E-state index contributed by atoms with van der Waals surface area (Å²) >= 11 is 1.29. The van der Waals surface area contributed by atoms with Gasteiger partial charge in [0.1, 0.15) is 5.00 Å². The minimum atomic E-state index is -3.84. The average molecular weight is 582 g/mol. The van der Waals surface area contributed by atoms with E-state index in [1.54, 1.807) is 0 Å². The number of carbonyl (C=O) groups is 3. The quantitative estimate of drug-likeness (QED) is 0.409. The van der Waals surface area contributed by atoms with Crippen molar-refractivity contribution in [3.05, 3.63) is 45.8 Å². The monoisotopic (exact) mass is 581 g/mol. The molecule has 2 heterocycles. The van der Waals surface area contributed by atoms with Crippen LogP contribution in [0.3, 0.4) is 0 Å². The number of urea groups is 1. The fourth-order valence-electron chi connectivity index (χ4n) is 3.97. The molecule has 1 aromatic carbocycles. The number of carbonyl (C=O) groups excluding carboxylic acids is 3. The molecule has 1 aromatic heterocycles. The average Bonchev–Trinajstić information content (AvgIpc) is 3.25. The number of sulfonamides is 1. The van der Waals surface area contributed by atoms with Gasteiger partial charge in [0.25, 0.3) is 11.8 Å². The molecule has 12 nitrogen and oxygen atoms in total. The highest BCUT2D eigenvalue weighted by atomic mass is 32.2. The molecule has 0 aliphatic carbocycles. The lowest BCUT2D eigenvalue weighted by molar-refractivity contribution is 0.0956. The Morgan fingerprint density at radius 2 is 1.64 bits per heavy atom. The van der Waals surface area contributed by atoms with Gasteiger partial charge >= 0.3 is 6.03 Å². The van der Waals surface area contributed by atoms with Crippen molar-refractivity contribution >= 4 is 44.2 Å². The smallest absolute Gasteiger partial charge is 0.323 e. The fraction of sp³-hybridized carbons (Fsp3) is 0.480. The Hall–Kier alpha value is -2.88. The van der Waals surface area contributed by atoms with Gasteiger partial charge in [-0.15, -0.1) is 11.3 Å². The molecular formula is C25H35N5O7S2. The number of thiophene rings is 1. The van der Waals surface area contributed by atoms with Gasteiger partial charge in [-0.3, -0.25) is 14.9 Å². The second-order valence-electron chi connectivity index (χ2n) is 9.22. The summed E-state index contributed by atoms with van der Waals surface area (Å²) in [6.07, 6.45) is 0.603. The summed E-state index contributed by atoms with van der Waals surface area (Å²) in [7, 11) is 4.17. The minimum absolute atomic E-state index is 0.0307. The van der Waals surface area contributed by atoms with Gasteiger partial charge in [-0.2, -0.15) is 4.31 Å². The van der Waals surface area contributed by atoms with Crippen molar-refractivity contribution in [2.75, 3.05) is 73.5 Å². The summed E-state index contributed by atoms with van der Waals surface area (Å²) in [6, 6.07) is 5.02. The Balaban J connectivity index is 1.85. The second-order valence-corrected chi connectivity index (χ2v) is 12.3. The largest absolute Gasteiger partial charge is 0.383 e. The van der Waals surface area contributed by atoms with Gasteiger partial charge in [-0.1, -0.05) is 0 Å². The number of fused-ring (bicyclic) bond motifs is 1. The molecule has 0 atom stereocenters. The standard InChI is InChI=1S/C25H35N5O7S2/c1-28(2)25(33)27-23(32)21-19-10-11-29(3)16-20(19)38-24(21)26-22(31)17-6-8-18(9-7-17)39(34,35)30(12-14-36-4)13-15-37-5/h6-9H,10-16H2,1-5H3,(H,26,31)(H,27,32,33). The lowest BCUT2D eigenvalue weighted by Gasteiger charge is -2.22. The molecular weight excluding hydrogens is 546 g/mol. The van der Waals surface area contributed by atoms with Crippen LogP contribution in [0.2, 0.25) is 0 Å². The summed E-state index contributed by atoms with van der Waals surface area (Å²) in [4.78, 5) is 42.7. The number of amides is 4. The molecule has 0 bridgehead atoms. The molecule has 4 amide bonds. The topological polar surface area (TPSA) is 138 Å². The van der Waals surface area contributed by atoms with Crippen molar-refractivity contribution in [3.8, 4) is 0 Å². The number of nitrogens with zero attached hydrogens (tertiary/aromatic N) is 3. The SMILES string of the molecule is COCCN(CCOC)S(=O)(=O)c1ccc(C(=O)Nc2sc3c(c2C(=O)NC(=O)N(C)C)CCN(C)C3)cc1. The van der Waals surface area contributed by atoms with Gasteiger partial charge < -0.3 is 24.6 Å². The highest BCUT2D eigenvalue weighted by Gasteiger charge is 2.29. The molecule has 0 saturated carbocycles. The highest BCUT2D eigenvalue weighted by Crippen LogP contribution is 2.37. The Bertz CT molecular complexity index is 1280. The van der Waals surface area contributed by atoms with Crippen LogP contribution in [0.5, 0.6) is 0 Å². The number of methoxy groups -OCH3 is 2. The van der Waals surface area contributed by atoms with Gasteiger partial charge in [-0.05, 0) is 43.3 Å². The third kappa shape index (κ3) is 7.41. The van der Waals surface area contributed by atoms with Crippen LogP contribution in [0.25, 0.3) is 0 Å². The molecule has 2 N–H and O–H groups in total. The third-order valence-corrected chi connectivity index (χ3v) is 9.22. The lowest BCUT2D eigenvalue weighted by atomic mass is 10.0. The lowest BCUT2D eigenvalue weighted by Crippen LogP contribution is -2.39. The van der Waals surface area contributed by atoms with Crippen LogP contribution >= 0.6 is 11.3 Å². The molecule has 214 valence electrons. The zero-order chi connectivity index (χ0) is 28.7. The molecule has 0 fully saturated rings. The van der Waals surface area contributed by atoms with Gasteiger partial charge in [-0.25, -0.2) is 13.2 Å². The van der Waals surface area contributed by atoms with Crippen molar-refractivity contribution in [1.29, 1.82) is 0 Å². The first-order valence-corrected chi connectivity index (χ1v) is 14.5. The van der Waals surface area contributed by atoms with Gasteiger partial charge in [0.2, 0.25) is 10.0 Å². The van der Waals surface area contributed by atoms with Crippen LogP contribution in [0, 0.1) is 0 Å². The van der Waals surface area contributed by atoms with E-state index in [9.17, 15) is 22.8 Å². The van der Waals surface area contributed by atoms with Gasteiger partial charge in [0.15, 0.2) is 0 Å². The number of benzene rings is 1. The van der Waals surface area contributed by atoms with E-state index in [2.05, 4.69) is 15.5 Å². The Labute approximate surface area is 232 Å². The zero-order valence-electron chi connectivity index (χ0n) is 22.8. The first-order chi connectivity index (χ1) is 18.5. The predicted octanol–water partition coefficient (Wildman–Crippen LogP) is 1.68. The third-order valence-electron chi connectivity index (χ3n) is 6.17. The Kier molecular flexibility index (Phi) is 10.6. The predicted molar refractivity (Wildman–Crippen MR) is 148 cm³/mol. The van der Waals surface area contributed by atoms with Crippen LogP contribution in [0.15, 0.2) is 29.2 Å². The van der Waals surface area contributed by atoms with E-state index < -0.39 is 27.9 Å². The van der Waals surface area contributed by atoms with Crippen LogP contribution in [0.1, 0.15) is 31.2 Å². The molecule has 1 aliphatic heterocycles. The number of nitrogens with one attached hydrogen (secondary N) is 2. The maximum Gasteiger partial charge on any atom is 0.323 e.